The Morgan fingerprint density at radius 1 is 1.04 bits per heavy atom. The highest BCUT2D eigenvalue weighted by molar-refractivity contribution is 5.76. The molecule has 2 aliphatic rings. The molecule has 2 saturated heterocycles. The van der Waals surface area contributed by atoms with Gasteiger partial charge >= 0.3 is 6.03 Å². The van der Waals surface area contributed by atoms with Crippen molar-refractivity contribution in [3.05, 3.63) is 23.9 Å². The molecule has 0 aliphatic carbocycles. The van der Waals surface area contributed by atoms with Gasteiger partial charge in [-0.1, -0.05) is 6.42 Å². The van der Waals surface area contributed by atoms with Crippen LogP contribution in [0.15, 0.2) is 18.3 Å². The lowest BCUT2D eigenvalue weighted by molar-refractivity contribution is -0.130. The number of nitrogens with zero attached hydrogens (tertiary/aromatic N) is 3. The summed E-state index contributed by atoms with van der Waals surface area (Å²) in [5, 5.41) is 5.80. The van der Waals surface area contributed by atoms with Crippen molar-refractivity contribution in [3.8, 4) is 0 Å². The first-order chi connectivity index (χ1) is 13.7. The third kappa shape index (κ3) is 6.39. The molecule has 2 fully saturated rings. The van der Waals surface area contributed by atoms with Gasteiger partial charge in [0, 0.05) is 51.9 Å². The van der Waals surface area contributed by atoms with Gasteiger partial charge in [-0.15, -0.1) is 0 Å². The Balaban J connectivity index is 1.34. The highest BCUT2D eigenvalue weighted by Gasteiger charge is 2.16. The Labute approximate surface area is 167 Å². The number of pyridine rings is 1. The Hall–Kier alpha value is -2.31. The highest BCUT2D eigenvalue weighted by atomic mass is 16.2. The molecule has 0 aromatic carbocycles. The van der Waals surface area contributed by atoms with Crippen LogP contribution in [0.3, 0.4) is 0 Å². The fourth-order valence-electron chi connectivity index (χ4n) is 3.86. The summed E-state index contributed by atoms with van der Waals surface area (Å²) < 4.78 is 0. The van der Waals surface area contributed by atoms with Crippen molar-refractivity contribution >= 4 is 17.8 Å². The number of piperidine rings is 1. The second kappa shape index (κ2) is 10.9. The smallest absolute Gasteiger partial charge is 0.315 e. The molecule has 154 valence electrons. The van der Waals surface area contributed by atoms with E-state index in [1.165, 1.54) is 19.3 Å². The summed E-state index contributed by atoms with van der Waals surface area (Å²) in [5.41, 5.74) is 1.06. The van der Waals surface area contributed by atoms with Gasteiger partial charge in [-0.2, -0.15) is 0 Å². The Morgan fingerprint density at radius 3 is 2.68 bits per heavy atom. The first-order valence-corrected chi connectivity index (χ1v) is 10.7. The molecule has 2 aliphatic heterocycles. The number of rotatable bonds is 7. The molecule has 28 heavy (non-hydrogen) atoms. The molecule has 3 heterocycles. The van der Waals surface area contributed by atoms with Gasteiger partial charge in [0.15, 0.2) is 0 Å². The predicted molar refractivity (Wildman–Crippen MR) is 110 cm³/mol. The Bertz CT molecular complexity index is 645. The molecule has 2 N–H and O–H groups in total. The van der Waals surface area contributed by atoms with Gasteiger partial charge in [0.05, 0.1) is 0 Å². The number of hydrogen-bond acceptors (Lipinski definition) is 4. The van der Waals surface area contributed by atoms with Crippen LogP contribution in [-0.2, 0) is 11.3 Å². The molecule has 0 saturated carbocycles. The zero-order valence-corrected chi connectivity index (χ0v) is 16.8. The molecule has 0 unspecified atom stereocenters. The predicted octanol–water partition coefficient (Wildman–Crippen LogP) is 2.66. The van der Waals surface area contributed by atoms with Gasteiger partial charge < -0.3 is 20.4 Å². The van der Waals surface area contributed by atoms with Crippen LogP contribution >= 0.6 is 0 Å². The van der Waals surface area contributed by atoms with Gasteiger partial charge in [0.25, 0.3) is 0 Å². The normalized spacial score (nSPS) is 17.9. The number of carbonyl (C=O) groups excluding carboxylic acids is 2. The van der Waals surface area contributed by atoms with Crippen LogP contribution in [0.25, 0.3) is 0 Å². The first kappa shape index (κ1) is 20.4. The number of amides is 3. The van der Waals surface area contributed by atoms with Crippen LogP contribution in [0.1, 0.15) is 56.9 Å². The van der Waals surface area contributed by atoms with Gasteiger partial charge in [-0.05, 0) is 56.2 Å². The van der Waals surface area contributed by atoms with E-state index in [2.05, 4.69) is 26.6 Å². The number of urea groups is 1. The van der Waals surface area contributed by atoms with E-state index < -0.39 is 0 Å². The maximum absolute atomic E-state index is 12.0. The summed E-state index contributed by atoms with van der Waals surface area (Å²) in [7, 11) is 0. The second-order valence-corrected chi connectivity index (χ2v) is 7.72. The van der Waals surface area contributed by atoms with Crippen molar-refractivity contribution in [2.24, 2.45) is 0 Å². The molecule has 3 rings (SSSR count). The molecule has 7 heteroatoms. The highest BCUT2D eigenvalue weighted by Crippen LogP contribution is 2.18. The summed E-state index contributed by atoms with van der Waals surface area (Å²) in [6, 6.07) is 3.84. The van der Waals surface area contributed by atoms with Crippen molar-refractivity contribution < 1.29 is 9.59 Å². The third-order valence-electron chi connectivity index (χ3n) is 5.50. The van der Waals surface area contributed by atoms with Crippen LogP contribution in [-0.4, -0.2) is 54.5 Å². The van der Waals surface area contributed by atoms with Crippen molar-refractivity contribution in [1.82, 2.24) is 20.5 Å². The molecular formula is C21H33N5O2. The number of carbonyl (C=O) groups is 2. The van der Waals surface area contributed by atoms with Crippen LogP contribution in [0, 0.1) is 0 Å². The van der Waals surface area contributed by atoms with Gasteiger partial charge in [-0.3, -0.25) is 4.79 Å². The zero-order chi connectivity index (χ0) is 19.6. The van der Waals surface area contributed by atoms with Crippen molar-refractivity contribution in [2.75, 3.05) is 37.6 Å². The molecular weight excluding hydrogens is 354 g/mol. The van der Waals surface area contributed by atoms with E-state index in [1.807, 2.05) is 17.2 Å². The average molecular weight is 388 g/mol. The minimum Gasteiger partial charge on any atom is -0.357 e. The van der Waals surface area contributed by atoms with E-state index in [9.17, 15) is 9.59 Å². The Morgan fingerprint density at radius 2 is 1.82 bits per heavy atom. The van der Waals surface area contributed by atoms with Crippen LogP contribution in [0.2, 0.25) is 0 Å². The SMILES string of the molecule is O=C(NCCCN1CCCCCC1=O)NCc1ccnc(N2CCCCC2)c1. The minimum atomic E-state index is -0.168. The van der Waals surface area contributed by atoms with Crippen LogP contribution in [0.5, 0.6) is 0 Å². The number of aromatic nitrogens is 1. The lowest BCUT2D eigenvalue weighted by Gasteiger charge is -2.27. The molecule has 1 aromatic rings. The quantitative estimate of drug-likeness (QED) is 0.705. The van der Waals surface area contributed by atoms with Crippen LogP contribution in [0.4, 0.5) is 10.6 Å². The standard InChI is InChI=1S/C21H33N5O2/c27-20-8-3-1-4-14-26(20)15-7-10-23-21(28)24-17-18-9-11-22-19(16-18)25-12-5-2-6-13-25/h9,11,16H,1-8,10,12-15,17H2,(H2,23,24,28). The van der Waals surface area contributed by atoms with Crippen molar-refractivity contribution in [3.63, 3.8) is 0 Å². The van der Waals surface area contributed by atoms with Gasteiger partial charge in [0.2, 0.25) is 5.91 Å². The topological polar surface area (TPSA) is 77.6 Å². The number of likely N-dealkylation sites (tertiary alicyclic amines) is 1. The summed E-state index contributed by atoms with van der Waals surface area (Å²) in [4.78, 5) is 32.7. The second-order valence-electron chi connectivity index (χ2n) is 7.72. The summed E-state index contributed by atoms with van der Waals surface area (Å²) >= 11 is 0. The lowest BCUT2D eigenvalue weighted by Crippen LogP contribution is -2.38. The van der Waals surface area contributed by atoms with E-state index in [-0.39, 0.29) is 11.9 Å². The zero-order valence-electron chi connectivity index (χ0n) is 16.8. The number of nitrogens with one attached hydrogen (secondary N) is 2. The molecule has 0 radical (unpaired) electrons. The maximum atomic E-state index is 12.0. The molecule has 0 atom stereocenters. The summed E-state index contributed by atoms with van der Waals surface area (Å²) in [6.45, 7) is 4.76. The minimum absolute atomic E-state index is 0.168. The summed E-state index contributed by atoms with van der Waals surface area (Å²) in [6.07, 6.45) is 10.2. The molecule has 1 aromatic heterocycles. The first-order valence-electron chi connectivity index (χ1n) is 10.7. The van der Waals surface area contributed by atoms with E-state index in [4.69, 9.17) is 0 Å². The van der Waals surface area contributed by atoms with Crippen LogP contribution < -0.4 is 15.5 Å². The Kier molecular flexibility index (Phi) is 7.94. The summed E-state index contributed by atoms with van der Waals surface area (Å²) in [5.74, 6) is 1.26. The molecule has 7 nitrogen and oxygen atoms in total. The van der Waals surface area contributed by atoms with Crippen molar-refractivity contribution in [1.29, 1.82) is 0 Å². The molecule has 0 spiro atoms. The average Bonchev–Trinajstić information content (AvgIpc) is 2.94. The third-order valence-corrected chi connectivity index (χ3v) is 5.50. The van der Waals surface area contributed by atoms with E-state index >= 15 is 0 Å². The lowest BCUT2D eigenvalue weighted by atomic mass is 10.1. The fraction of sp³-hybridized carbons (Fsp3) is 0.667. The van der Waals surface area contributed by atoms with Gasteiger partial charge in [-0.25, -0.2) is 9.78 Å². The van der Waals surface area contributed by atoms with Crippen molar-refractivity contribution in [2.45, 2.75) is 57.9 Å². The number of anilines is 1. The largest absolute Gasteiger partial charge is 0.357 e. The molecule has 3 amide bonds. The monoisotopic (exact) mass is 387 g/mol. The maximum Gasteiger partial charge on any atom is 0.315 e. The van der Waals surface area contributed by atoms with Gasteiger partial charge in [0.1, 0.15) is 5.82 Å². The van der Waals surface area contributed by atoms with E-state index in [0.717, 1.165) is 63.2 Å². The fourth-order valence-corrected chi connectivity index (χ4v) is 3.86. The number of hydrogen-bond donors (Lipinski definition) is 2. The van der Waals surface area contributed by atoms with E-state index in [0.29, 0.717) is 19.5 Å². The van der Waals surface area contributed by atoms with E-state index in [1.54, 1.807) is 0 Å². The molecule has 0 bridgehead atoms.